The number of aromatic nitrogens is 3. The second kappa shape index (κ2) is 7.23. The molecule has 1 fully saturated rings. The summed E-state index contributed by atoms with van der Waals surface area (Å²) in [6.45, 7) is 0. The van der Waals surface area contributed by atoms with E-state index in [1.807, 2.05) is 46.0 Å². The molecule has 2 atom stereocenters. The fourth-order valence-electron chi connectivity index (χ4n) is 5.52. The monoisotopic (exact) mass is 450 g/mol. The van der Waals surface area contributed by atoms with Crippen LogP contribution in [0.1, 0.15) is 46.9 Å². The van der Waals surface area contributed by atoms with Gasteiger partial charge in [-0.15, -0.1) is 0 Å². The number of fused-ring (bicyclic) bond motifs is 5. The molecule has 5 heterocycles. The van der Waals surface area contributed by atoms with E-state index >= 15 is 0 Å². The van der Waals surface area contributed by atoms with E-state index < -0.39 is 17.5 Å². The van der Waals surface area contributed by atoms with Crippen molar-refractivity contribution < 1.29 is 18.0 Å². The van der Waals surface area contributed by atoms with Gasteiger partial charge < -0.3 is 9.30 Å². The average Bonchev–Trinajstić information content (AvgIpc) is 3.39. The molecule has 0 aliphatic carbocycles. The van der Waals surface area contributed by atoms with Gasteiger partial charge in [0.25, 0.3) is 5.91 Å². The van der Waals surface area contributed by atoms with Crippen LogP contribution < -0.4 is 0 Å². The van der Waals surface area contributed by atoms with Crippen LogP contribution >= 0.6 is 0 Å². The number of halogens is 3. The predicted molar refractivity (Wildman–Crippen MR) is 116 cm³/mol. The van der Waals surface area contributed by atoms with Crippen molar-refractivity contribution in [2.45, 2.75) is 37.8 Å². The number of aryl methyl sites for hydroxylation is 1. The second-order valence-corrected chi connectivity index (χ2v) is 8.86. The van der Waals surface area contributed by atoms with Crippen LogP contribution in [-0.2, 0) is 13.5 Å². The van der Waals surface area contributed by atoms with Gasteiger partial charge >= 0.3 is 0 Å². The number of carbonyl (C=O) groups excluding carboxylic acids is 1. The Morgan fingerprint density at radius 3 is 2.64 bits per heavy atom. The van der Waals surface area contributed by atoms with Crippen molar-refractivity contribution >= 4 is 11.4 Å². The minimum absolute atomic E-state index is 0.0369. The normalized spacial score (nSPS) is 19.7. The molecule has 0 radical (unpaired) electrons. The van der Waals surface area contributed by atoms with Crippen LogP contribution in [-0.4, -0.2) is 31.0 Å². The van der Waals surface area contributed by atoms with Crippen LogP contribution in [0.15, 0.2) is 48.8 Å². The number of pyridine rings is 1. The maximum atomic E-state index is 14.0. The van der Waals surface area contributed by atoms with Crippen molar-refractivity contribution in [3.05, 3.63) is 83.1 Å². The number of rotatable bonds is 2. The quantitative estimate of drug-likeness (QED) is 0.401. The van der Waals surface area contributed by atoms with E-state index in [9.17, 15) is 18.0 Å². The Kier molecular flexibility index (Phi) is 4.40. The Balaban J connectivity index is 1.43. The van der Waals surface area contributed by atoms with Crippen LogP contribution in [0.5, 0.6) is 0 Å². The van der Waals surface area contributed by atoms with E-state index in [0.717, 1.165) is 48.2 Å². The van der Waals surface area contributed by atoms with E-state index in [1.54, 1.807) is 11.7 Å². The lowest BCUT2D eigenvalue weighted by atomic mass is 9.81. The Morgan fingerprint density at radius 2 is 1.85 bits per heavy atom. The van der Waals surface area contributed by atoms with E-state index in [-0.39, 0.29) is 23.6 Å². The number of hydrogen-bond donors (Lipinski definition) is 0. The molecule has 0 N–H and O–H groups in total. The molecular formula is C25H21F3N4O. The number of hydrogen-bond acceptors (Lipinski definition) is 2. The lowest BCUT2D eigenvalue weighted by Gasteiger charge is -2.45. The topological polar surface area (TPSA) is 42.5 Å². The maximum Gasteiger partial charge on any atom is 0.254 e. The van der Waals surface area contributed by atoms with Gasteiger partial charge in [-0.1, -0.05) is 0 Å². The molecule has 33 heavy (non-hydrogen) atoms. The highest BCUT2D eigenvalue weighted by Gasteiger charge is 2.43. The van der Waals surface area contributed by atoms with Gasteiger partial charge in [0.1, 0.15) is 0 Å². The molecule has 6 rings (SSSR count). The fraction of sp³-hybridized carbons (Fsp3) is 0.280. The average molecular weight is 450 g/mol. The maximum absolute atomic E-state index is 14.0. The van der Waals surface area contributed by atoms with E-state index in [1.165, 1.54) is 0 Å². The molecule has 1 saturated heterocycles. The highest BCUT2D eigenvalue weighted by Crippen LogP contribution is 2.45. The zero-order valence-electron chi connectivity index (χ0n) is 17.9. The molecule has 8 heteroatoms. The molecule has 3 aromatic heterocycles. The smallest absolute Gasteiger partial charge is 0.254 e. The van der Waals surface area contributed by atoms with Crippen LogP contribution in [0, 0.1) is 17.5 Å². The van der Waals surface area contributed by atoms with Gasteiger partial charge in [0, 0.05) is 47.7 Å². The molecule has 1 amide bonds. The van der Waals surface area contributed by atoms with Gasteiger partial charge in [-0.3, -0.25) is 9.48 Å². The van der Waals surface area contributed by atoms with E-state index in [2.05, 4.69) is 5.10 Å². The van der Waals surface area contributed by atoms with Gasteiger partial charge in [0.2, 0.25) is 0 Å². The first-order valence-corrected chi connectivity index (χ1v) is 11.0. The van der Waals surface area contributed by atoms with Crippen LogP contribution in [0.3, 0.4) is 0 Å². The van der Waals surface area contributed by atoms with Crippen LogP contribution in [0.4, 0.5) is 13.2 Å². The summed E-state index contributed by atoms with van der Waals surface area (Å²) < 4.78 is 45.0. The van der Waals surface area contributed by atoms with Crippen molar-refractivity contribution in [1.82, 2.24) is 19.1 Å². The molecule has 2 bridgehead atoms. The van der Waals surface area contributed by atoms with Gasteiger partial charge in [-0.25, -0.2) is 13.2 Å². The van der Waals surface area contributed by atoms with Gasteiger partial charge in [0.15, 0.2) is 17.5 Å². The summed E-state index contributed by atoms with van der Waals surface area (Å²) in [5, 5.41) is 4.68. The summed E-state index contributed by atoms with van der Waals surface area (Å²) in [6, 6.07) is 9.38. The van der Waals surface area contributed by atoms with Crippen LogP contribution in [0.2, 0.25) is 0 Å². The molecule has 5 nitrogen and oxygen atoms in total. The van der Waals surface area contributed by atoms with Gasteiger partial charge in [0.05, 0.1) is 17.4 Å². The minimum Gasteiger partial charge on any atom is -0.327 e. The molecule has 1 aromatic carbocycles. The Hall–Kier alpha value is -3.55. The number of nitrogens with zero attached hydrogens (tertiary/aromatic N) is 4. The largest absolute Gasteiger partial charge is 0.327 e. The van der Waals surface area contributed by atoms with E-state index in [0.29, 0.717) is 17.7 Å². The molecule has 168 valence electrons. The first-order chi connectivity index (χ1) is 15.9. The molecule has 0 spiro atoms. The Bertz CT molecular complexity index is 1400. The zero-order valence-corrected chi connectivity index (χ0v) is 17.9. The SMILES string of the molecule is Cn1nc2c(c1-c1cc(F)c(F)c(F)c1)C[C@@H]1CCC[C@H]2N1C(=O)c1ccn2cccc2c1. The highest BCUT2D eigenvalue weighted by molar-refractivity contribution is 5.96. The van der Waals surface area contributed by atoms with Crippen LogP contribution in [0.25, 0.3) is 16.8 Å². The Morgan fingerprint density at radius 1 is 1.06 bits per heavy atom. The molecular weight excluding hydrogens is 429 g/mol. The van der Waals surface area contributed by atoms with Crippen molar-refractivity contribution in [1.29, 1.82) is 0 Å². The van der Waals surface area contributed by atoms with Crippen molar-refractivity contribution in [2.24, 2.45) is 7.05 Å². The second-order valence-electron chi connectivity index (χ2n) is 8.86. The molecule has 2 aliphatic rings. The molecule has 4 aromatic rings. The standard InChI is InChI=1S/C25H21F3N4O/c1-30-24(15-11-19(26)22(28)20(27)12-15)18-13-17-4-2-6-21(23(18)29-30)32(17)25(33)14-7-9-31-8-3-5-16(31)10-14/h3,5,7-12,17,21H,2,4,6,13H2,1H3/t17-,21+/m0/s1. The third-order valence-corrected chi connectivity index (χ3v) is 6.94. The summed E-state index contributed by atoms with van der Waals surface area (Å²) in [6.07, 6.45) is 6.93. The molecule has 2 aliphatic heterocycles. The van der Waals surface area contributed by atoms with Crippen molar-refractivity contribution in [3.63, 3.8) is 0 Å². The number of piperidine rings is 1. The predicted octanol–water partition coefficient (Wildman–Crippen LogP) is 5.05. The summed E-state index contributed by atoms with van der Waals surface area (Å²) in [5.74, 6) is -3.98. The molecule has 0 saturated carbocycles. The van der Waals surface area contributed by atoms with Crippen molar-refractivity contribution in [2.75, 3.05) is 0 Å². The van der Waals surface area contributed by atoms with E-state index in [4.69, 9.17) is 0 Å². The molecule has 0 unspecified atom stereocenters. The Labute approximate surface area is 188 Å². The number of benzene rings is 1. The minimum atomic E-state index is -1.48. The first-order valence-electron chi connectivity index (χ1n) is 11.0. The highest BCUT2D eigenvalue weighted by atomic mass is 19.2. The van der Waals surface area contributed by atoms with Crippen molar-refractivity contribution in [3.8, 4) is 11.3 Å². The fourth-order valence-corrected chi connectivity index (χ4v) is 5.52. The lowest BCUT2D eigenvalue weighted by molar-refractivity contribution is 0.0392. The van der Waals surface area contributed by atoms with Gasteiger partial charge in [-0.05, 0) is 62.1 Å². The first kappa shape index (κ1) is 20.1. The van der Waals surface area contributed by atoms with Gasteiger partial charge in [-0.2, -0.15) is 5.10 Å². The summed E-state index contributed by atoms with van der Waals surface area (Å²) >= 11 is 0. The summed E-state index contributed by atoms with van der Waals surface area (Å²) in [4.78, 5) is 15.6. The lowest BCUT2D eigenvalue weighted by Crippen LogP contribution is -2.49. The third kappa shape index (κ3) is 3.00. The zero-order chi connectivity index (χ0) is 22.9. The summed E-state index contributed by atoms with van der Waals surface area (Å²) in [5.41, 5.74) is 4.03. The summed E-state index contributed by atoms with van der Waals surface area (Å²) in [7, 11) is 1.71. The third-order valence-electron chi connectivity index (χ3n) is 6.94. The number of carbonyl (C=O) groups is 1. The number of amides is 1.